The number of pyridine rings is 1. The van der Waals surface area contributed by atoms with E-state index in [0.717, 1.165) is 0 Å². The molecule has 0 aliphatic carbocycles. The van der Waals surface area contributed by atoms with Crippen molar-refractivity contribution in [1.29, 1.82) is 0 Å². The van der Waals surface area contributed by atoms with Gasteiger partial charge in [0.05, 0.1) is 31.6 Å². The highest BCUT2D eigenvalue weighted by atomic mass is 16.6. The van der Waals surface area contributed by atoms with Gasteiger partial charge in [-0.15, -0.1) is 0 Å². The lowest BCUT2D eigenvalue weighted by atomic mass is 10.3. The van der Waals surface area contributed by atoms with Crippen LogP contribution in [0.2, 0.25) is 0 Å². The Hall–Kier alpha value is -1.86. The largest absolute Gasteiger partial charge is 0.477 e. The van der Waals surface area contributed by atoms with Gasteiger partial charge in [-0.2, -0.15) is 0 Å². The average molecular weight is 253 g/mol. The molecule has 98 valence electrons. The molecule has 4 N–H and O–H groups in total. The SMILES string of the molecule is Nc1ccc(C(=O)O)nc1NCC1COCCO1. The molecule has 0 spiro atoms. The minimum Gasteiger partial charge on any atom is -0.477 e. The molecule has 0 bridgehead atoms. The molecule has 2 heterocycles. The molecule has 0 saturated carbocycles. The summed E-state index contributed by atoms with van der Waals surface area (Å²) < 4.78 is 10.7. The maximum Gasteiger partial charge on any atom is 0.354 e. The Kier molecular flexibility index (Phi) is 3.96. The van der Waals surface area contributed by atoms with Crippen LogP contribution in [0.15, 0.2) is 12.1 Å². The number of carboxylic acid groups (broad SMARTS) is 1. The molecule has 18 heavy (non-hydrogen) atoms. The molecule has 0 amide bonds. The summed E-state index contributed by atoms with van der Waals surface area (Å²) in [6.45, 7) is 2.14. The molecule has 1 atom stereocenters. The second-order valence-electron chi connectivity index (χ2n) is 3.89. The Bertz CT molecular complexity index is 432. The number of hydrogen-bond donors (Lipinski definition) is 3. The van der Waals surface area contributed by atoms with Crippen LogP contribution in [0.25, 0.3) is 0 Å². The molecular formula is C11H15N3O4. The predicted octanol–water partition coefficient (Wildman–Crippen LogP) is 0.189. The first-order valence-corrected chi connectivity index (χ1v) is 5.60. The van der Waals surface area contributed by atoms with Gasteiger partial charge in [0, 0.05) is 6.54 Å². The molecule has 1 aromatic heterocycles. The molecule has 1 aliphatic heterocycles. The minimum atomic E-state index is -1.09. The zero-order valence-electron chi connectivity index (χ0n) is 9.76. The monoisotopic (exact) mass is 253 g/mol. The van der Waals surface area contributed by atoms with E-state index in [1.807, 2.05) is 0 Å². The van der Waals surface area contributed by atoms with Gasteiger partial charge in [0.25, 0.3) is 0 Å². The highest BCUT2D eigenvalue weighted by Gasteiger charge is 2.15. The van der Waals surface area contributed by atoms with E-state index in [1.54, 1.807) is 0 Å². The smallest absolute Gasteiger partial charge is 0.354 e. The quantitative estimate of drug-likeness (QED) is 0.703. The van der Waals surface area contributed by atoms with Gasteiger partial charge in [-0.25, -0.2) is 9.78 Å². The number of nitrogens with one attached hydrogen (secondary N) is 1. The van der Waals surface area contributed by atoms with Crippen LogP contribution in [-0.4, -0.2) is 48.5 Å². The molecule has 1 fully saturated rings. The summed E-state index contributed by atoms with van der Waals surface area (Å²) >= 11 is 0. The van der Waals surface area contributed by atoms with Crippen LogP contribution in [0, 0.1) is 0 Å². The zero-order valence-corrected chi connectivity index (χ0v) is 9.76. The van der Waals surface area contributed by atoms with Gasteiger partial charge < -0.3 is 25.6 Å². The molecular weight excluding hydrogens is 238 g/mol. The first-order valence-electron chi connectivity index (χ1n) is 5.60. The van der Waals surface area contributed by atoms with Gasteiger partial charge in [-0.05, 0) is 12.1 Å². The summed E-state index contributed by atoms with van der Waals surface area (Å²) in [4.78, 5) is 14.7. The Balaban J connectivity index is 1.99. The van der Waals surface area contributed by atoms with Crippen LogP contribution in [0.1, 0.15) is 10.5 Å². The molecule has 0 aromatic carbocycles. The van der Waals surface area contributed by atoms with Gasteiger partial charge in [-0.1, -0.05) is 0 Å². The van der Waals surface area contributed by atoms with Gasteiger partial charge >= 0.3 is 5.97 Å². The van der Waals surface area contributed by atoms with Crippen LogP contribution >= 0.6 is 0 Å². The van der Waals surface area contributed by atoms with Gasteiger partial charge in [0.1, 0.15) is 5.82 Å². The number of ether oxygens (including phenoxy) is 2. The van der Waals surface area contributed by atoms with Crippen molar-refractivity contribution in [2.75, 3.05) is 37.4 Å². The number of carbonyl (C=O) groups is 1. The van der Waals surface area contributed by atoms with Crippen molar-refractivity contribution in [3.8, 4) is 0 Å². The fourth-order valence-corrected chi connectivity index (χ4v) is 1.60. The summed E-state index contributed by atoms with van der Waals surface area (Å²) in [6, 6.07) is 2.88. The number of nitrogens with two attached hydrogens (primary N) is 1. The standard InChI is InChI=1S/C11H15N3O4/c12-8-1-2-9(11(15)16)14-10(8)13-5-7-6-17-3-4-18-7/h1-2,7H,3-6,12H2,(H,13,14)(H,15,16). The van der Waals surface area contributed by atoms with Crippen molar-refractivity contribution in [1.82, 2.24) is 4.98 Å². The lowest BCUT2D eigenvalue weighted by molar-refractivity contribution is -0.0819. The van der Waals surface area contributed by atoms with E-state index < -0.39 is 5.97 Å². The molecule has 7 heteroatoms. The normalized spacial score (nSPS) is 19.4. The Morgan fingerprint density at radius 3 is 3.06 bits per heavy atom. The number of rotatable bonds is 4. The topological polar surface area (TPSA) is 107 Å². The van der Waals surface area contributed by atoms with E-state index in [2.05, 4.69) is 10.3 Å². The van der Waals surface area contributed by atoms with Gasteiger partial charge in [0.2, 0.25) is 0 Å². The van der Waals surface area contributed by atoms with E-state index in [9.17, 15) is 4.79 Å². The van der Waals surface area contributed by atoms with Crippen molar-refractivity contribution in [3.63, 3.8) is 0 Å². The predicted molar refractivity (Wildman–Crippen MR) is 64.7 cm³/mol. The van der Waals surface area contributed by atoms with E-state index in [0.29, 0.717) is 37.9 Å². The van der Waals surface area contributed by atoms with Crippen molar-refractivity contribution < 1.29 is 19.4 Å². The number of aromatic nitrogens is 1. The summed E-state index contributed by atoms with van der Waals surface area (Å²) in [5.41, 5.74) is 6.07. The number of nitrogen functional groups attached to an aromatic ring is 1. The Labute approximate surface area is 104 Å². The van der Waals surface area contributed by atoms with Crippen molar-refractivity contribution in [2.24, 2.45) is 0 Å². The molecule has 1 saturated heterocycles. The maximum absolute atomic E-state index is 10.8. The van der Waals surface area contributed by atoms with Crippen molar-refractivity contribution >= 4 is 17.5 Å². The molecule has 1 unspecified atom stereocenters. The third kappa shape index (κ3) is 3.08. The maximum atomic E-state index is 10.8. The fourth-order valence-electron chi connectivity index (χ4n) is 1.60. The van der Waals surface area contributed by atoms with Gasteiger partial charge in [-0.3, -0.25) is 0 Å². The van der Waals surface area contributed by atoms with Crippen LogP contribution in [-0.2, 0) is 9.47 Å². The number of nitrogens with zero attached hydrogens (tertiary/aromatic N) is 1. The molecule has 2 rings (SSSR count). The first kappa shape index (κ1) is 12.6. The second kappa shape index (κ2) is 5.65. The summed E-state index contributed by atoms with van der Waals surface area (Å²) in [5, 5.41) is 11.8. The van der Waals surface area contributed by atoms with Gasteiger partial charge in [0.15, 0.2) is 5.69 Å². The van der Waals surface area contributed by atoms with Crippen LogP contribution in [0.3, 0.4) is 0 Å². The average Bonchev–Trinajstić information content (AvgIpc) is 2.38. The molecule has 1 aromatic rings. The van der Waals surface area contributed by atoms with Crippen molar-refractivity contribution in [3.05, 3.63) is 17.8 Å². The van der Waals surface area contributed by atoms with E-state index in [-0.39, 0.29) is 11.8 Å². The first-order chi connectivity index (χ1) is 8.66. The lowest BCUT2D eigenvalue weighted by Gasteiger charge is -2.23. The highest BCUT2D eigenvalue weighted by molar-refractivity contribution is 5.86. The van der Waals surface area contributed by atoms with Crippen LogP contribution in [0.5, 0.6) is 0 Å². The third-order valence-electron chi connectivity index (χ3n) is 2.53. The highest BCUT2D eigenvalue weighted by Crippen LogP contribution is 2.16. The molecule has 7 nitrogen and oxygen atoms in total. The van der Waals surface area contributed by atoms with E-state index >= 15 is 0 Å². The minimum absolute atomic E-state index is 0.0486. The number of anilines is 2. The third-order valence-corrected chi connectivity index (χ3v) is 2.53. The molecule has 0 radical (unpaired) electrons. The van der Waals surface area contributed by atoms with Crippen LogP contribution < -0.4 is 11.1 Å². The Morgan fingerprint density at radius 1 is 1.56 bits per heavy atom. The number of hydrogen-bond acceptors (Lipinski definition) is 6. The summed E-state index contributed by atoms with van der Waals surface area (Å²) in [6.07, 6.45) is -0.0755. The van der Waals surface area contributed by atoms with E-state index in [4.69, 9.17) is 20.3 Å². The molecule has 1 aliphatic rings. The summed E-state index contributed by atoms with van der Waals surface area (Å²) in [7, 11) is 0. The fraction of sp³-hybridized carbons (Fsp3) is 0.455. The zero-order chi connectivity index (χ0) is 13.0. The second-order valence-corrected chi connectivity index (χ2v) is 3.89. The lowest BCUT2D eigenvalue weighted by Crippen LogP contribution is -2.34. The number of carboxylic acids is 1. The van der Waals surface area contributed by atoms with Crippen molar-refractivity contribution in [2.45, 2.75) is 6.10 Å². The Morgan fingerprint density at radius 2 is 2.39 bits per heavy atom. The number of aromatic carboxylic acids is 1. The summed E-state index contributed by atoms with van der Waals surface area (Å²) in [5.74, 6) is -0.737. The van der Waals surface area contributed by atoms with E-state index in [1.165, 1.54) is 12.1 Å². The van der Waals surface area contributed by atoms with Crippen LogP contribution in [0.4, 0.5) is 11.5 Å².